The van der Waals surface area contributed by atoms with Gasteiger partial charge in [-0.25, -0.2) is 4.39 Å². The van der Waals surface area contributed by atoms with Crippen LogP contribution < -0.4 is 4.74 Å². The smallest absolute Gasteiger partial charge is 0.314 e. The van der Waals surface area contributed by atoms with Crippen LogP contribution in [0.1, 0.15) is 31.0 Å². The van der Waals surface area contributed by atoms with Crippen molar-refractivity contribution in [3.05, 3.63) is 34.2 Å². The molecule has 0 amide bonds. The zero-order valence-electron chi connectivity index (χ0n) is 11.9. The number of hydrogen-bond donors (Lipinski definition) is 0. The van der Waals surface area contributed by atoms with Crippen molar-refractivity contribution in [1.29, 1.82) is 0 Å². The number of halogens is 2. The average Bonchev–Trinajstić information content (AvgIpc) is 3.30. The highest BCUT2D eigenvalue weighted by molar-refractivity contribution is 6.36. The third kappa shape index (κ3) is 2.48. The number of hydrogen-bond acceptors (Lipinski definition) is 3. The number of nitrogens with zero attached hydrogens (tertiary/aromatic N) is 1. The molecule has 2 aromatic rings. The molecule has 1 aliphatic carbocycles. The number of aromatic nitrogens is 1. The summed E-state index contributed by atoms with van der Waals surface area (Å²) in [6.07, 6.45) is 2.40. The average molecular weight is 308 g/mol. The molecule has 1 fully saturated rings. The molecule has 1 aliphatic rings. The van der Waals surface area contributed by atoms with E-state index in [1.165, 1.54) is 6.07 Å². The van der Waals surface area contributed by atoms with Gasteiger partial charge in [0.2, 0.25) is 0 Å². The Bertz CT molecular complexity index is 741. The van der Waals surface area contributed by atoms with Gasteiger partial charge < -0.3 is 4.74 Å². The van der Waals surface area contributed by atoms with Crippen LogP contribution >= 0.6 is 11.6 Å². The Hall–Kier alpha value is -1.68. The number of ether oxygens (including phenoxy) is 1. The highest BCUT2D eigenvalue weighted by Crippen LogP contribution is 2.39. The van der Waals surface area contributed by atoms with E-state index in [2.05, 4.69) is 4.98 Å². The number of carbonyl (C=O) groups is 1. The van der Waals surface area contributed by atoms with Gasteiger partial charge in [-0.3, -0.25) is 9.78 Å². The maximum atomic E-state index is 13.8. The summed E-state index contributed by atoms with van der Waals surface area (Å²) in [5.74, 6) is -0.505. The molecule has 1 aromatic carbocycles. The highest BCUT2D eigenvalue weighted by atomic mass is 35.5. The molecular weight excluding hydrogens is 293 g/mol. The van der Waals surface area contributed by atoms with Gasteiger partial charge in [-0.1, -0.05) is 18.5 Å². The number of esters is 1. The quantitative estimate of drug-likeness (QED) is 0.797. The summed E-state index contributed by atoms with van der Waals surface area (Å²) in [5.41, 5.74) is 2.11. The molecule has 0 bridgehead atoms. The fraction of sp³-hybridized carbons (Fsp3) is 0.375. The van der Waals surface area contributed by atoms with Crippen LogP contribution in [0.2, 0.25) is 5.02 Å². The Morgan fingerprint density at radius 2 is 2.19 bits per heavy atom. The summed E-state index contributed by atoms with van der Waals surface area (Å²) < 4.78 is 19.3. The Kier molecular flexibility index (Phi) is 3.57. The van der Waals surface area contributed by atoms with Crippen molar-refractivity contribution in [2.24, 2.45) is 5.92 Å². The Morgan fingerprint density at radius 1 is 1.48 bits per heavy atom. The minimum absolute atomic E-state index is 0.0370. The predicted octanol–water partition coefficient (Wildman–Crippen LogP) is 4.21. The van der Waals surface area contributed by atoms with E-state index in [0.29, 0.717) is 23.1 Å². The van der Waals surface area contributed by atoms with Crippen molar-refractivity contribution in [1.82, 2.24) is 4.98 Å². The molecule has 1 aromatic heterocycles. The van der Waals surface area contributed by atoms with E-state index >= 15 is 0 Å². The summed E-state index contributed by atoms with van der Waals surface area (Å²) in [7, 11) is 0. The second-order valence-electron chi connectivity index (χ2n) is 5.32. The zero-order valence-corrected chi connectivity index (χ0v) is 12.6. The molecule has 110 valence electrons. The van der Waals surface area contributed by atoms with E-state index in [1.807, 2.05) is 13.8 Å². The van der Waals surface area contributed by atoms with Crippen LogP contribution in [-0.2, 0) is 11.2 Å². The van der Waals surface area contributed by atoms with Crippen LogP contribution in [0.4, 0.5) is 4.39 Å². The second-order valence-corrected chi connectivity index (χ2v) is 5.70. The van der Waals surface area contributed by atoms with Gasteiger partial charge in [0.25, 0.3) is 0 Å². The molecule has 0 saturated heterocycles. The monoisotopic (exact) mass is 307 g/mol. The fourth-order valence-electron chi connectivity index (χ4n) is 2.37. The van der Waals surface area contributed by atoms with Crippen LogP contribution in [0, 0.1) is 18.7 Å². The Labute approximate surface area is 127 Å². The lowest BCUT2D eigenvalue weighted by molar-refractivity contribution is -0.135. The minimum Gasteiger partial charge on any atom is -0.425 e. The van der Waals surface area contributed by atoms with E-state index < -0.39 is 5.82 Å². The maximum absolute atomic E-state index is 13.8. The zero-order chi connectivity index (χ0) is 15.1. The van der Waals surface area contributed by atoms with E-state index in [0.717, 1.165) is 24.1 Å². The van der Waals surface area contributed by atoms with Gasteiger partial charge >= 0.3 is 5.97 Å². The van der Waals surface area contributed by atoms with Gasteiger partial charge in [0, 0.05) is 11.3 Å². The molecule has 1 heterocycles. The van der Waals surface area contributed by atoms with Crippen molar-refractivity contribution < 1.29 is 13.9 Å². The minimum atomic E-state index is -0.543. The standard InChI is InChI=1S/C16H15ClFNO2/c1-3-11-8(2)15(21-16(20)9-4-5-9)13-12(19-11)7-6-10(18)14(13)17/h6-7,9H,3-5H2,1-2H3. The lowest BCUT2D eigenvalue weighted by atomic mass is 10.1. The first-order valence-corrected chi connectivity index (χ1v) is 7.39. The van der Waals surface area contributed by atoms with Crippen LogP contribution in [0.25, 0.3) is 10.9 Å². The molecule has 1 saturated carbocycles. The molecule has 3 rings (SSSR count). The Morgan fingerprint density at radius 3 is 2.81 bits per heavy atom. The van der Waals surface area contributed by atoms with Crippen molar-refractivity contribution in [2.45, 2.75) is 33.1 Å². The first-order chi connectivity index (χ1) is 10.0. The van der Waals surface area contributed by atoms with Gasteiger partial charge in [0.05, 0.1) is 21.8 Å². The van der Waals surface area contributed by atoms with Gasteiger partial charge in [-0.05, 0) is 38.3 Å². The predicted molar refractivity (Wildman–Crippen MR) is 79.2 cm³/mol. The number of aryl methyl sites for hydroxylation is 1. The summed E-state index contributed by atoms with van der Waals surface area (Å²) in [6.45, 7) is 3.79. The van der Waals surface area contributed by atoms with Crippen LogP contribution in [-0.4, -0.2) is 11.0 Å². The van der Waals surface area contributed by atoms with Crippen molar-refractivity contribution >= 4 is 28.5 Å². The number of rotatable bonds is 3. The number of carbonyl (C=O) groups excluding carboxylic acids is 1. The van der Waals surface area contributed by atoms with Crippen molar-refractivity contribution in [3.8, 4) is 5.75 Å². The SMILES string of the molecule is CCc1nc2ccc(F)c(Cl)c2c(OC(=O)C2CC2)c1C. The fourth-order valence-corrected chi connectivity index (χ4v) is 2.62. The normalized spacial score (nSPS) is 14.5. The molecule has 0 unspecified atom stereocenters. The first-order valence-electron chi connectivity index (χ1n) is 7.01. The lowest BCUT2D eigenvalue weighted by Crippen LogP contribution is -2.12. The summed E-state index contributed by atoms with van der Waals surface area (Å²) in [4.78, 5) is 16.5. The van der Waals surface area contributed by atoms with E-state index in [-0.39, 0.29) is 16.9 Å². The first kappa shape index (κ1) is 14.3. The second kappa shape index (κ2) is 5.26. The lowest BCUT2D eigenvalue weighted by Gasteiger charge is -2.14. The molecule has 0 radical (unpaired) electrons. The molecule has 21 heavy (non-hydrogen) atoms. The van der Waals surface area contributed by atoms with Gasteiger partial charge in [-0.2, -0.15) is 0 Å². The molecule has 3 nitrogen and oxygen atoms in total. The topological polar surface area (TPSA) is 39.2 Å². The third-order valence-corrected chi connectivity index (χ3v) is 4.15. The van der Waals surface area contributed by atoms with Crippen LogP contribution in [0.3, 0.4) is 0 Å². The van der Waals surface area contributed by atoms with Gasteiger partial charge in [-0.15, -0.1) is 0 Å². The highest BCUT2D eigenvalue weighted by Gasteiger charge is 2.33. The molecule has 5 heteroatoms. The van der Waals surface area contributed by atoms with Gasteiger partial charge in [0.1, 0.15) is 11.6 Å². The number of benzene rings is 1. The summed E-state index contributed by atoms with van der Waals surface area (Å²) >= 11 is 6.07. The number of fused-ring (bicyclic) bond motifs is 1. The van der Waals surface area contributed by atoms with Gasteiger partial charge in [0.15, 0.2) is 0 Å². The van der Waals surface area contributed by atoms with E-state index in [4.69, 9.17) is 16.3 Å². The molecular formula is C16H15ClFNO2. The molecule has 0 aliphatic heterocycles. The van der Waals surface area contributed by atoms with E-state index in [1.54, 1.807) is 6.07 Å². The van der Waals surface area contributed by atoms with E-state index in [9.17, 15) is 9.18 Å². The van der Waals surface area contributed by atoms with Crippen LogP contribution in [0.5, 0.6) is 5.75 Å². The Balaban J connectivity index is 2.23. The summed E-state index contributed by atoms with van der Waals surface area (Å²) in [5, 5.41) is 0.324. The maximum Gasteiger partial charge on any atom is 0.314 e. The molecule has 0 N–H and O–H groups in total. The van der Waals surface area contributed by atoms with Crippen molar-refractivity contribution in [2.75, 3.05) is 0 Å². The van der Waals surface area contributed by atoms with Crippen LogP contribution in [0.15, 0.2) is 12.1 Å². The molecule has 0 atom stereocenters. The largest absolute Gasteiger partial charge is 0.425 e. The number of pyridine rings is 1. The third-order valence-electron chi connectivity index (χ3n) is 3.78. The van der Waals surface area contributed by atoms with Crippen molar-refractivity contribution in [3.63, 3.8) is 0 Å². The summed E-state index contributed by atoms with van der Waals surface area (Å²) in [6, 6.07) is 2.84. The molecule has 0 spiro atoms.